The van der Waals surface area contributed by atoms with E-state index in [9.17, 15) is 0 Å². The minimum atomic E-state index is 0.398. The van der Waals surface area contributed by atoms with Crippen molar-refractivity contribution in [1.29, 1.82) is 0 Å². The van der Waals surface area contributed by atoms with Crippen LogP contribution in [0.25, 0.3) is 11.5 Å². The molecule has 2 aromatic rings. The average Bonchev–Trinajstić information content (AvgIpc) is 2.30. The number of hydrogen-bond donors (Lipinski definition) is 1. The van der Waals surface area contributed by atoms with E-state index >= 15 is 0 Å². The molecule has 4 nitrogen and oxygen atoms in total. The van der Waals surface area contributed by atoms with E-state index in [0.29, 0.717) is 18.1 Å². The number of hydrogen-bond acceptors (Lipinski definition) is 4. The summed E-state index contributed by atoms with van der Waals surface area (Å²) < 4.78 is 1.75. The summed E-state index contributed by atoms with van der Waals surface area (Å²) in [6, 6.07) is 1.91. The summed E-state index contributed by atoms with van der Waals surface area (Å²) >= 11 is 6.80. The molecule has 2 rings (SSSR count). The van der Waals surface area contributed by atoms with Gasteiger partial charge in [0.15, 0.2) is 5.82 Å². The van der Waals surface area contributed by atoms with Gasteiger partial charge in [0.1, 0.15) is 5.69 Å². The van der Waals surface area contributed by atoms with Crippen molar-refractivity contribution in [3.8, 4) is 11.5 Å². The molecule has 88 valence electrons. The fourth-order valence-electron chi connectivity index (χ4n) is 1.38. The molecule has 17 heavy (non-hydrogen) atoms. The van der Waals surface area contributed by atoms with Gasteiger partial charge in [0, 0.05) is 27.9 Å². The second-order valence-electron chi connectivity index (χ2n) is 3.51. The molecule has 0 radical (unpaired) electrons. The monoisotopic (exact) mass is 356 g/mol. The summed E-state index contributed by atoms with van der Waals surface area (Å²) in [5.74, 6) is 0.579. The molecule has 0 aromatic carbocycles. The molecule has 2 aromatic heterocycles. The zero-order chi connectivity index (χ0) is 12.4. The van der Waals surface area contributed by atoms with E-state index in [2.05, 4.69) is 46.8 Å². The standard InChI is InChI=1S/C11H10Br2N4/c1-6-4-16-11(17-9(6)3-14)10-8(13)2-7(12)5-15-10/h2,4-5H,3,14H2,1H3. The Morgan fingerprint density at radius 3 is 2.65 bits per heavy atom. The SMILES string of the molecule is Cc1cnc(-c2ncc(Br)cc2Br)nc1CN. The van der Waals surface area contributed by atoms with Crippen LogP contribution in [0.15, 0.2) is 27.4 Å². The van der Waals surface area contributed by atoms with Gasteiger partial charge in [0.25, 0.3) is 0 Å². The summed E-state index contributed by atoms with van der Waals surface area (Å²) in [7, 11) is 0. The van der Waals surface area contributed by atoms with Crippen LogP contribution >= 0.6 is 31.9 Å². The van der Waals surface area contributed by atoms with Crippen molar-refractivity contribution in [2.24, 2.45) is 5.73 Å². The van der Waals surface area contributed by atoms with Crippen molar-refractivity contribution in [2.45, 2.75) is 13.5 Å². The minimum Gasteiger partial charge on any atom is -0.325 e. The maximum atomic E-state index is 5.63. The first-order chi connectivity index (χ1) is 8.11. The Labute approximate surface area is 116 Å². The molecule has 0 atom stereocenters. The van der Waals surface area contributed by atoms with Gasteiger partial charge in [-0.05, 0) is 50.4 Å². The number of rotatable bonds is 2. The Balaban J connectivity index is 2.53. The molecule has 2 heterocycles. The van der Waals surface area contributed by atoms with Crippen LogP contribution in [0, 0.1) is 6.92 Å². The molecule has 0 saturated heterocycles. The fourth-order valence-corrected chi connectivity index (χ4v) is 2.54. The molecule has 0 aliphatic carbocycles. The fraction of sp³-hybridized carbons (Fsp3) is 0.182. The molecule has 0 unspecified atom stereocenters. The summed E-state index contributed by atoms with van der Waals surface area (Å²) in [6.45, 7) is 2.34. The van der Waals surface area contributed by atoms with Gasteiger partial charge < -0.3 is 5.73 Å². The summed E-state index contributed by atoms with van der Waals surface area (Å²) in [4.78, 5) is 13.0. The minimum absolute atomic E-state index is 0.398. The third-order valence-corrected chi connectivity index (χ3v) is 3.33. The molecular weight excluding hydrogens is 348 g/mol. The molecule has 6 heteroatoms. The number of nitrogens with two attached hydrogens (primary N) is 1. The normalized spacial score (nSPS) is 10.6. The van der Waals surface area contributed by atoms with Crippen LogP contribution in [-0.4, -0.2) is 15.0 Å². The van der Waals surface area contributed by atoms with Crippen molar-refractivity contribution in [3.63, 3.8) is 0 Å². The Hall–Kier alpha value is -0.850. The largest absolute Gasteiger partial charge is 0.325 e. The van der Waals surface area contributed by atoms with Gasteiger partial charge in [-0.2, -0.15) is 0 Å². The zero-order valence-corrected chi connectivity index (χ0v) is 12.3. The molecule has 0 bridgehead atoms. The van der Waals surface area contributed by atoms with E-state index in [1.54, 1.807) is 12.4 Å². The highest BCUT2D eigenvalue weighted by Gasteiger charge is 2.10. The van der Waals surface area contributed by atoms with E-state index in [1.807, 2.05) is 13.0 Å². The van der Waals surface area contributed by atoms with E-state index < -0.39 is 0 Å². The van der Waals surface area contributed by atoms with Crippen molar-refractivity contribution in [3.05, 3.63) is 38.7 Å². The first-order valence-electron chi connectivity index (χ1n) is 4.96. The van der Waals surface area contributed by atoms with Gasteiger partial charge in [-0.3, -0.25) is 4.98 Å². The Morgan fingerprint density at radius 1 is 1.24 bits per heavy atom. The van der Waals surface area contributed by atoms with E-state index in [1.165, 1.54) is 0 Å². The molecule has 0 fully saturated rings. The molecule has 0 saturated carbocycles. The lowest BCUT2D eigenvalue weighted by molar-refractivity contribution is 0.940. The Kier molecular flexibility index (Phi) is 3.86. The van der Waals surface area contributed by atoms with Crippen molar-refractivity contribution in [1.82, 2.24) is 15.0 Å². The van der Waals surface area contributed by atoms with Crippen molar-refractivity contribution < 1.29 is 0 Å². The van der Waals surface area contributed by atoms with Crippen LogP contribution in [-0.2, 0) is 6.54 Å². The van der Waals surface area contributed by atoms with Crippen molar-refractivity contribution in [2.75, 3.05) is 0 Å². The highest BCUT2D eigenvalue weighted by molar-refractivity contribution is 9.11. The molecule has 0 spiro atoms. The number of pyridine rings is 1. The van der Waals surface area contributed by atoms with Crippen LogP contribution in [0.2, 0.25) is 0 Å². The van der Waals surface area contributed by atoms with Crippen LogP contribution in [0.4, 0.5) is 0 Å². The van der Waals surface area contributed by atoms with Crippen molar-refractivity contribution >= 4 is 31.9 Å². The first kappa shape index (κ1) is 12.6. The van der Waals surface area contributed by atoms with E-state index in [4.69, 9.17) is 5.73 Å². The lowest BCUT2D eigenvalue weighted by atomic mass is 10.2. The second-order valence-corrected chi connectivity index (χ2v) is 5.28. The molecule has 0 aliphatic rings. The average molecular weight is 358 g/mol. The van der Waals surface area contributed by atoms with E-state index in [0.717, 1.165) is 20.2 Å². The van der Waals surface area contributed by atoms with Crippen LogP contribution < -0.4 is 5.73 Å². The predicted molar refractivity (Wildman–Crippen MR) is 73.3 cm³/mol. The maximum Gasteiger partial charge on any atom is 0.179 e. The predicted octanol–water partition coefficient (Wildman–Crippen LogP) is 2.83. The molecule has 2 N–H and O–H groups in total. The molecule has 0 aliphatic heterocycles. The number of nitrogens with zero attached hydrogens (tertiary/aromatic N) is 3. The maximum absolute atomic E-state index is 5.63. The smallest absolute Gasteiger partial charge is 0.179 e. The zero-order valence-electron chi connectivity index (χ0n) is 9.11. The lowest BCUT2D eigenvalue weighted by Gasteiger charge is -2.06. The summed E-state index contributed by atoms with van der Waals surface area (Å²) in [5.41, 5.74) is 8.17. The highest BCUT2D eigenvalue weighted by Crippen LogP contribution is 2.26. The second kappa shape index (κ2) is 5.20. The van der Waals surface area contributed by atoms with Gasteiger partial charge in [-0.15, -0.1) is 0 Å². The van der Waals surface area contributed by atoms with Gasteiger partial charge in [0.05, 0.1) is 5.69 Å². The summed E-state index contributed by atoms with van der Waals surface area (Å²) in [5, 5.41) is 0. The number of halogens is 2. The van der Waals surface area contributed by atoms with Crippen LogP contribution in [0.3, 0.4) is 0 Å². The topological polar surface area (TPSA) is 64.7 Å². The van der Waals surface area contributed by atoms with Crippen LogP contribution in [0.5, 0.6) is 0 Å². The Bertz CT molecular complexity index is 557. The van der Waals surface area contributed by atoms with Gasteiger partial charge in [-0.1, -0.05) is 0 Å². The third kappa shape index (κ3) is 2.70. The first-order valence-corrected chi connectivity index (χ1v) is 6.54. The summed E-state index contributed by atoms with van der Waals surface area (Å²) in [6.07, 6.45) is 3.48. The number of aromatic nitrogens is 3. The van der Waals surface area contributed by atoms with Gasteiger partial charge in [-0.25, -0.2) is 9.97 Å². The Morgan fingerprint density at radius 2 is 2.00 bits per heavy atom. The van der Waals surface area contributed by atoms with Crippen LogP contribution in [0.1, 0.15) is 11.3 Å². The number of aryl methyl sites for hydroxylation is 1. The third-order valence-electron chi connectivity index (χ3n) is 2.29. The van der Waals surface area contributed by atoms with Gasteiger partial charge in [0.2, 0.25) is 0 Å². The quantitative estimate of drug-likeness (QED) is 0.897. The van der Waals surface area contributed by atoms with E-state index in [-0.39, 0.29) is 0 Å². The highest BCUT2D eigenvalue weighted by atomic mass is 79.9. The van der Waals surface area contributed by atoms with Gasteiger partial charge >= 0.3 is 0 Å². The molecule has 0 amide bonds. The lowest BCUT2D eigenvalue weighted by Crippen LogP contribution is -2.05. The molecular formula is C11H10Br2N4.